The summed E-state index contributed by atoms with van der Waals surface area (Å²) in [5.41, 5.74) is -4.86. The van der Waals surface area contributed by atoms with Gasteiger partial charge >= 0.3 is 24.1 Å². The number of terminal acetylenes is 1. The van der Waals surface area contributed by atoms with Crippen molar-refractivity contribution in [2.75, 3.05) is 18.1 Å². The third-order valence-corrected chi connectivity index (χ3v) is 9.80. The molecule has 19 heteroatoms. The van der Waals surface area contributed by atoms with E-state index in [0.29, 0.717) is 21.6 Å². The van der Waals surface area contributed by atoms with E-state index < -0.39 is 88.3 Å². The lowest BCUT2D eigenvalue weighted by Gasteiger charge is -2.33. The summed E-state index contributed by atoms with van der Waals surface area (Å²) in [6.45, 7) is 14.5. The second kappa shape index (κ2) is 18.1. The number of nitrogens with one attached hydrogen (secondary N) is 1. The van der Waals surface area contributed by atoms with Crippen LogP contribution in [0, 0.1) is 17.8 Å². The van der Waals surface area contributed by atoms with Gasteiger partial charge in [0.05, 0.1) is 25.0 Å². The molecule has 62 heavy (non-hydrogen) atoms. The maximum absolute atomic E-state index is 13.8. The minimum Gasteiger partial charge on any atom is -0.463 e. The second-order valence-corrected chi connectivity index (χ2v) is 16.9. The number of pyridine rings is 1. The number of anilines is 1. The smallest absolute Gasteiger partial charge is 0.425 e. The quantitative estimate of drug-likeness (QED) is 0.0556. The molecule has 18 nitrogen and oxygen atoms in total. The van der Waals surface area contributed by atoms with Crippen LogP contribution in [0.5, 0.6) is 0 Å². The van der Waals surface area contributed by atoms with Gasteiger partial charge in [0, 0.05) is 25.1 Å². The van der Waals surface area contributed by atoms with Gasteiger partial charge in [-0.3, -0.25) is 19.0 Å². The molecule has 1 fully saturated rings. The lowest BCUT2D eigenvalue weighted by Crippen LogP contribution is -2.53. The van der Waals surface area contributed by atoms with E-state index in [1.165, 1.54) is 30.9 Å². The summed E-state index contributed by atoms with van der Waals surface area (Å²) < 4.78 is 36.4. The third kappa shape index (κ3) is 9.96. The Hall–Kier alpha value is -6.16. The fourth-order valence-electron chi connectivity index (χ4n) is 6.66. The Balaban J connectivity index is 1.56. The molecule has 0 saturated carbocycles. The van der Waals surface area contributed by atoms with Crippen molar-refractivity contribution in [3.05, 3.63) is 70.1 Å². The van der Waals surface area contributed by atoms with Crippen LogP contribution >= 0.6 is 11.6 Å². The predicted octanol–water partition coefficient (Wildman–Crippen LogP) is 6.13. The highest BCUT2D eigenvalue weighted by Gasteiger charge is 2.58. The Morgan fingerprint density at radius 1 is 1.00 bits per heavy atom. The van der Waals surface area contributed by atoms with Crippen molar-refractivity contribution < 1.29 is 52.4 Å². The zero-order chi connectivity index (χ0) is 45.9. The molecule has 4 aromatic rings. The maximum Gasteiger partial charge on any atom is 0.425 e. The van der Waals surface area contributed by atoms with Crippen molar-refractivity contribution in [2.24, 2.45) is 5.41 Å². The van der Waals surface area contributed by atoms with Crippen LogP contribution in [0.4, 0.5) is 15.4 Å². The number of hydrogen-bond donors (Lipinski definition) is 1. The van der Waals surface area contributed by atoms with Crippen LogP contribution in [0.2, 0.25) is 5.28 Å². The first-order valence-corrected chi connectivity index (χ1v) is 19.9. The van der Waals surface area contributed by atoms with Gasteiger partial charge in [0.2, 0.25) is 10.9 Å². The Bertz CT molecular complexity index is 2440. The first-order chi connectivity index (χ1) is 28.9. The van der Waals surface area contributed by atoms with Gasteiger partial charge in [-0.2, -0.15) is 14.9 Å². The van der Waals surface area contributed by atoms with Crippen molar-refractivity contribution >= 4 is 58.5 Å². The molecule has 330 valence electrons. The number of Topliss-reactive ketones (excluding diaryl/α,β-unsaturated/α-hetero) is 1. The van der Waals surface area contributed by atoms with Crippen LogP contribution < -0.4 is 10.5 Å². The summed E-state index contributed by atoms with van der Waals surface area (Å²) >= 11 is 6.45. The summed E-state index contributed by atoms with van der Waals surface area (Å²) in [6, 6.07) is 10.0. The van der Waals surface area contributed by atoms with E-state index >= 15 is 0 Å². The summed E-state index contributed by atoms with van der Waals surface area (Å²) in [5, 5.41) is -0.433. The Kier molecular flexibility index (Phi) is 13.7. The lowest BCUT2D eigenvalue weighted by atomic mass is 9.81. The molecular weight excluding hydrogens is 828 g/mol. The number of imide groups is 1. The van der Waals surface area contributed by atoms with Crippen LogP contribution in [0.25, 0.3) is 22.3 Å². The number of amides is 2. The molecule has 5 atom stereocenters. The minimum absolute atomic E-state index is 0.0784. The van der Waals surface area contributed by atoms with E-state index in [1.54, 1.807) is 91.8 Å². The van der Waals surface area contributed by atoms with Crippen LogP contribution in [0.1, 0.15) is 81.0 Å². The first kappa shape index (κ1) is 46.9. The van der Waals surface area contributed by atoms with Gasteiger partial charge in [0.1, 0.15) is 17.3 Å². The molecule has 0 spiro atoms. The molecule has 1 N–H and O–H groups in total. The summed E-state index contributed by atoms with van der Waals surface area (Å²) in [6.07, 6.45) is 2.50. The normalized spacial score (nSPS) is 19.8. The van der Waals surface area contributed by atoms with Gasteiger partial charge in [-0.15, -0.1) is 6.42 Å². The molecule has 1 aliphatic rings. The van der Waals surface area contributed by atoms with Crippen molar-refractivity contribution in [1.82, 2.24) is 24.5 Å². The number of halogens is 1. The first-order valence-electron chi connectivity index (χ1n) is 19.5. The molecule has 1 saturated heterocycles. The van der Waals surface area contributed by atoms with E-state index in [0.717, 1.165) is 0 Å². The Morgan fingerprint density at radius 3 is 2.16 bits per heavy atom. The standard InChI is InChI=1S/C43H49ClN6O12/c1-12-42(11)29(22-58-43(24(3)51,36(54)57-13-2)21-26-16-18-27(19-17-26)28-15-14-20-45-34(28)53)60-35(31(42)59-25(4)52)49-23-46-30-32(49)47-37(44)48-33(30)50(38(55)61-40(5,6)7)39(56)62-41(8,9)10/h1,14-20,23,29,31,35H,13,21-22H2,2-11H3,(H,45,53)/t29-,31+,35-,42+,43?/m1/s1. The molecule has 1 aromatic carbocycles. The Labute approximate surface area is 362 Å². The molecular formula is C43H49ClN6O12. The Morgan fingerprint density at radius 2 is 1.63 bits per heavy atom. The molecule has 2 amide bonds. The average molecular weight is 877 g/mol. The maximum atomic E-state index is 13.8. The number of benzene rings is 1. The van der Waals surface area contributed by atoms with Crippen LogP contribution in [-0.4, -0.2) is 96.6 Å². The number of carbonyl (C=O) groups excluding carboxylic acids is 5. The number of rotatable bonds is 12. The fraction of sp³-hybridized carbons (Fsp3) is 0.465. The molecule has 0 aliphatic carbocycles. The largest absolute Gasteiger partial charge is 0.463 e. The molecule has 5 rings (SSSR count). The number of ketones is 1. The van der Waals surface area contributed by atoms with Gasteiger partial charge in [0.15, 0.2) is 35.1 Å². The average Bonchev–Trinajstić information content (AvgIpc) is 3.70. The molecule has 0 bridgehead atoms. The monoisotopic (exact) mass is 876 g/mol. The zero-order valence-corrected chi connectivity index (χ0v) is 36.8. The van der Waals surface area contributed by atoms with Gasteiger partial charge in [-0.25, -0.2) is 19.4 Å². The molecule has 4 heterocycles. The van der Waals surface area contributed by atoms with Crippen molar-refractivity contribution in [1.29, 1.82) is 0 Å². The highest BCUT2D eigenvalue weighted by Crippen LogP contribution is 2.47. The number of aromatic amines is 1. The van der Waals surface area contributed by atoms with Gasteiger partial charge in [-0.1, -0.05) is 30.2 Å². The van der Waals surface area contributed by atoms with Gasteiger partial charge in [-0.05, 0) is 97.2 Å². The zero-order valence-electron chi connectivity index (χ0n) is 36.1. The lowest BCUT2D eigenvalue weighted by molar-refractivity contribution is -0.182. The minimum atomic E-state index is -2.21. The molecule has 1 unspecified atom stereocenters. The van der Waals surface area contributed by atoms with E-state index in [-0.39, 0.29) is 29.8 Å². The SMILES string of the molecule is C#C[C@@]1(C)[C@@H](COC(Cc2ccc(-c3ccc[nH]c3=O)cc2)(C(C)=O)C(=O)OCC)O[C@@H](n2cnc3c(N(C(=O)OC(C)(C)C)C(=O)OC(C)(C)C)nc(Cl)nc32)[C@@H]1OC(C)=O. The number of fused-ring (bicyclic) bond motifs is 1. The number of aromatic nitrogens is 5. The summed E-state index contributed by atoms with van der Waals surface area (Å²) in [4.78, 5) is 95.8. The van der Waals surface area contributed by atoms with Crippen molar-refractivity contribution in [3.63, 3.8) is 0 Å². The van der Waals surface area contributed by atoms with Crippen LogP contribution in [0.15, 0.2) is 53.7 Å². The fourth-order valence-corrected chi connectivity index (χ4v) is 6.82. The highest BCUT2D eigenvalue weighted by atomic mass is 35.5. The van der Waals surface area contributed by atoms with Crippen LogP contribution in [0.3, 0.4) is 0 Å². The number of ether oxygens (including phenoxy) is 6. The van der Waals surface area contributed by atoms with Crippen molar-refractivity contribution in [2.45, 2.75) is 111 Å². The van der Waals surface area contributed by atoms with Crippen molar-refractivity contribution in [3.8, 4) is 23.5 Å². The van der Waals surface area contributed by atoms with E-state index in [4.69, 9.17) is 46.4 Å². The van der Waals surface area contributed by atoms with Gasteiger partial charge < -0.3 is 33.4 Å². The van der Waals surface area contributed by atoms with E-state index in [9.17, 15) is 28.8 Å². The van der Waals surface area contributed by atoms with Crippen LogP contribution in [-0.2, 0) is 49.2 Å². The number of esters is 2. The summed E-state index contributed by atoms with van der Waals surface area (Å²) in [5.74, 6) is -0.130. The van der Waals surface area contributed by atoms with E-state index in [2.05, 4.69) is 25.9 Å². The number of H-pyrrole nitrogens is 1. The predicted molar refractivity (Wildman–Crippen MR) is 224 cm³/mol. The number of imidazole rings is 1. The van der Waals surface area contributed by atoms with E-state index in [1.807, 2.05) is 0 Å². The number of carbonyl (C=O) groups is 5. The van der Waals surface area contributed by atoms with Gasteiger partial charge in [0.25, 0.3) is 5.56 Å². The molecule has 1 aliphatic heterocycles. The molecule has 0 radical (unpaired) electrons. The molecule has 3 aromatic heterocycles. The number of nitrogens with zero attached hydrogens (tertiary/aromatic N) is 5. The highest BCUT2D eigenvalue weighted by molar-refractivity contribution is 6.29. The second-order valence-electron chi connectivity index (χ2n) is 16.6. The topological polar surface area (TPSA) is 220 Å². The third-order valence-electron chi connectivity index (χ3n) is 9.63. The summed E-state index contributed by atoms with van der Waals surface area (Å²) in [7, 11) is 0. The number of hydrogen-bond acceptors (Lipinski definition) is 15.